The third-order valence-electron chi connectivity index (χ3n) is 5.15. The van der Waals surface area contributed by atoms with Crippen LogP contribution in [0.1, 0.15) is 32.7 Å². The highest BCUT2D eigenvalue weighted by Gasteiger charge is 2.36. The Bertz CT molecular complexity index is 1210. The molecule has 6 nitrogen and oxygen atoms in total. The summed E-state index contributed by atoms with van der Waals surface area (Å²) in [5.41, 5.74) is 1.34. The second-order valence-electron chi connectivity index (χ2n) is 7.30. The molecule has 0 saturated heterocycles. The summed E-state index contributed by atoms with van der Waals surface area (Å²) in [7, 11) is -1.17. The van der Waals surface area contributed by atoms with Crippen LogP contribution in [0.25, 0.3) is 0 Å². The van der Waals surface area contributed by atoms with Crippen molar-refractivity contribution >= 4 is 21.4 Å². The predicted molar refractivity (Wildman–Crippen MR) is 121 cm³/mol. The van der Waals surface area contributed by atoms with Crippen molar-refractivity contribution in [3.05, 3.63) is 89.5 Å². The molecule has 0 amide bonds. The molecule has 0 fully saturated rings. The summed E-state index contributed by atoms with van der Waals surface area (Å²) in [5.74, 6) is -0.127. The lowest BCUT2D eigenvalue weighted by Crippen LogP contribution is -2.33. The van der Waals surface area contributed by atoms with E-state index in [1.165, 1.54) is 38.5 Å². The van der Waals surface area contributed by atoms with Gasteiger partial charge in [-0.3, -0.25) is 9.59 Å². The van der Waals surface area contributed by atoms with E-state index in [1.807, 2.05) is 6.92 Å². The van der Waals surface area contributed by atoms with Gasteiger partial charge in [0.15, 0.2) is 21.4 Å². The molecule has 0 saturated carbocycles. The Labute approximate surface area is 187 Å². The van der Waals surface area contributed by atoms with Crippen molar-refractivity contribution in [2.75, 3.05) is 14.2 Å². The molecule has 3 rings (SSSR count). The predicted octanol–water partition coefficient (Wildman–Crippen LogP) is 4.31. The van der Waals surface area contributed by atoms with Crippen molar-refractivity contribution in [1.29, 1.82) is 0 Å². The van der Waals surface area contributed by atoms with E-state index in [-0.39, 0.29) is 10.5 Å². The van der Waals surface area contributed by atoms with Crippen molar-refractivity contribution in [2.45, 2.75) is 23.5 Å². The lowest BCUT2D eigenvalue weighted by molar-refractivity contribution is 0.0920. The minimum atomic E-state index is -4.14. The summed E-state index contributed by atoms with van der Waals surface area (Å²) in [5, 5.41) is -1.58. The molecule has 32 heavy (non-hydrogen) atoms. The Morgan fingerprint density at radius 1 is 0.812 bits per heavy atom. The number of carbonyl (C=O) groups excluding carboxylic acids is 2. The van der Waals surface area contributed by atoms with Crippen LogP contribution in [0.3, 0.4) is 0 Å². The molecule has 0 heterocycles. The Hall–Kier alpha value is -3.45. The minimum Gasteiger partial charge on any atom is -0.497 e. The molecule has 7 heteroatoms. The first-order valence-corrected chi connectivity index (χ1v) is 11.5. The number of ketones is 2. The van der Waals surface area contributed by atoms with Crippen molar-refractivity contribution in [3.8, 4) is 11.5 Å². The van der Waals surface area contributed by atoms with Crippen LogP contribution in [0.4, 0.5) is 0 Å². The van der Waals surface area contributed by atoms with Crippen molar-refractivity contribution in [3.63, 3.8) is 0 Å². The molecule has 0 aromatic heterocycles. The maximum Gasteiger partial charge on any atom is 0.189 e. The first-order chi connectivity index (χ1) is 15.3. The van der Waals surface area contributed by atoms with Gasteiger partial charge in [-0.25, -0.2) is 8.42 Å². The number of methoxy groups -OCH3 is 2. The van der Waals surface area contributed by atoms with Crippen LogP contribution in [-0.4, -0.2) is 39.5 Å². The average molecular weight is 453 g/mol. The minimum absolute atomic E-state index is 0.00752. The highest BCUT2D eigenvalue weighted by molar-refractivity contribution is 7.92. The lowest BCUT2D eigenvalue weighted by atomic mass is 10.0. The molecular formula is C25H24O6S. The number of rotatable bonds is 9. The third-order valence-corrected chi connectivity index (χ3v) is 7.21. The summed E-state index contributed by atoms with van der Waals surface area (Å²) in [6, 6.07) is 18.8. The van der Waals surface area contributed by atoms with E-state index in [9.17, 15) is 18.0 Å². The molecule has 3 aromatic rings. The first-order valence-electron chi connectivity index (χ1n) is 9.92. The van der Waals surface area contributed by atoms with Crippen LogP contribution in [0.5, 0.6) is 11.5 Å². The van der Waals surface area contributed by atoms with Gasteiger partial charge in [0.2, 0.25) is 0 Å². The van der Waals surface area contributed by atoms with Gasteiger partial charge >= 0.3 is 0 Å². The van der Waals surface area contributed by atoms with Gasteiger partial charge in [-0.2, -0.15) is 0 Å². The van der Waals surface area contributed by atoms with Crippen LogP contribution in [0, 0.1) is 6.92 Å². The number of Topliss-reactive ketones (excluding diaryl/α,β-unsaturated/α-hetero) is 2. The molecule has 0 unspecified atom stereocenters. The number of hydrogen-bond acceptors (Lipinski definition) is 6. The number of ether oxygens (including phenoxy) is 2. The van der Waals surface area contributed by atoms with Gasteiger partial charge in [-0.05, 0) is 55.5 Å². The Morgan fingerprint density at radius 3 is 2.03 bits per heavy atom. The Kier molecular flexibility index (Phi) is 7.10. The SMILES string of the molecule is COc1ccc(C(=O)C[C@H](C(=O)c2cccc(OC)c2)S(=O)(=O)c2ccc(C)cc2)cc1. The van der Waals surface area contributed by atoms with Crippen LogP contribution in [-0.2, 0) is 9.84 Å². The van der Waals surface area contributed by atoms with Crippen molar-refractivity contribution in [1.82, 2.24) is 0 Å². The quantitative estimate of drug-likeness (QED) is 0.450. The second kappa shape index (κ2) is 9.78. The van der Waals surface area contributed by atoms with Gasteiger partial charge < -0.3 is 9.47 Å². The van der Waals surface area contributed by atoms with Crippen LogP contribution in [0.2, 0.25) is 0 Å². The van der Waals surface area contributed by atoms with Crippen LogP contribution in [0.15, 0.2) is 77.7 Å². The van der Waals surface area contributed by atoms with Crippen molar-refractivity contribution in [2.24, 2.45) is 0 Å². The third kappa shape index (κ3) is 5.06. The van der Waals surface area contributed by atoms with Gasteiger partial charge in [0.1, 0.15) is 16.7 Å². The number of hydrogen-bond donors (Lipinski definition) is 0. The molecule has 0 aliphatic rings. The fraction of sp³-hybridized carbons (Fsp3) is 0.200. The van der Waals surface area contributed by atoms with E-state index in [0.717, 1.165) is 5.56 Å². The fourth-order valence-corrected chi connectivity index (χ4v) is 4.89. The lowest BCUT2D eigenvalue weighted by Gasteiger charge is -2.17. The van der Waals surface area contributed by atoms with Gasteiger partial charge in [-0.15, -0.1) is 0 Å². The number of sulfone groups is 1. The Morgan fingerprint density at radius 2 is 1.44 bits per heavy atom. The first kappa shape index (κ1) is 23.2. The largest absolute Gasteiger partial charge is 0.497 e. The summed E-state index contributed by atoms with van der Waals surface area (Å²) in [6.45, 7) is 1.84. The standard InChI is InChI=1S/C25H24O6S/c1-17-7-13-22(14-8-17)32(28,29)24(25(27)19-5-4-6-21(15-19)31-3)16-23(26)18-9-11-20(30-2)12-10-18/h4-15,24H,16H2,1-3H3/t24-/m1/s1. The van der Waals surface area contributed by atoms with Crippen molar-refractivity contribution < 1.29 is 27.5 Å². The van der Waals surface area contributed by atoms with Gasteiger partial charge in [0, 0.05) is 17.5 Å². The monoisotopic (exact) mass is 452 g/mol. The zero-order valence-electron chi connectivity index (χ0n) is 18.1. The van der Waals surface area contributed by atoms with E-state index in [2.05, 4.69) is 0 Å². The Balaban J connectivity index is 2.02. The fourth-order valence-electron chi connectivity index (χ4n) is 3.26. The van der Waals surface area contributed by atoms with E-state index in [1.54, 1.807) is 48.5 Å². The molecule has 3 aromatic carbocycles. The molecule has 0 aliphatic carbocycles. The normalized spacial score (nSPS) is 12.1. The summed E-state index contributed by atoms with van der Waals surface area (Å²) in [6.07, 6.45) is -0.488. The zero-order valence-corrected chi connectivity index (χ0v) is 18.9. The number of benzene rings is 3. The van der Waals surface area contributed by atoms with E-state index >= 15 is 0 Å². The highest BCUT2D eigenvalue weighted by Crippen LogP contribution is 2.26. The molecule has 166 valence electrons. The molecule has 0 bridgehead atoms. The molecular weight excluding hydrogens is 428 g/mol. The molecule has 0 aliphatic heterocycles. The number of aryl methyl sites for hydroxylation is 1. The molecule has 1 atom stereocenters. The van der Waals surface area contributed by atoms with Crippen LogP contribution < -0.4 is 9.47 Å². The summed E-state index contributed by atoms with van der Waals surface area (Å²) in [4.78, 5) is 26.3. The van der Waals surface area contributed by atoms with Gasteiger partial charge in [0.05, 0.1) is 19.1 Å². The second-order valence-corrected chi connectivity index (χ2v) is 9.43. The van der Waals surface area contributed by atoms with Gasteiger partial charge in [-0.1, -0.05) is 29.8 Å². The van der Waals surface area contributed by atoms with E-state index in [4.69, 9.17) is 9.47 Å². The summed E-state index contributed by atoms with van der Waals surface area (Å²) >= 11 is 0. The molecule has 0 spiro atoms. The summed E-state index contributed by atoms with van der Waals surface area (Å²) < 4.78 is 37.2. The van der Waals surface area contributed by atoms with Crippen LogP contribution >= 0.6 is 0 Å². The smallest absolute Gasteiger partial charge is 0.189 e. The highest BCUT2D eigenvalue weighted by atomic mass is 32.2. The maximum absolute atomic E-state index is 13.5. The molecule has 0 radical (unpaired) electrons. The topological polar surface area (TPSA) is 86.7 Å². The number of carbonyl (C=O) groups is 2. The van der Waals surface area contributed by atoms with Gasteiger partial charge in [0.25, 0.3) is 0 Å². The average Bonchev–Trinajstić information content (AvgIpc) is 2.82. The maximum atomic E-state index is 13.5. The van der Waals surface area contributed by atoms with E-state index < -0.39 is 33.1 Å². The zero-order chi connectivity index (χ0) is 23.3. The molecule has 0 N–H and O–H groups in total. The van der Waals surface area contributed by atoms with E-state index in [0.29, 0.717) is 17.1 Å².